The number of benzene rings is 2. The number of nitrogens with zero attached hydrogens (tertiary/aromatic N) is 1. The molecule has 8 heteroatoms. The number of hydrogen-bond acceptors (Lipinski definition) is 3. The molecule has 1 aliphatic rings. The van der Waals surface area contributed by atoms with Crippen LogP contribution in [0.25, 0.3) is 0 Å². The summed E-state index contributed by atoms with van der Waals surface area (Å²) in [5, 5.41) is 3.33. The molecule has 0 aromatic heterocycles. The van der Waals surface area contributed by atoms with Gasteiger partial charge in [0.2, 0.25) is 15.9 Å². The summed E-state index contributed by atoms with van der Waals surface area (Å²) in [7, 11) is -3.85. The van der Waals surface area contributed by atoms with Crippen molar-refractivity contribution in [1.29, 1.82) is 0 Å². The highest BCUT2D eigenvalue weighted by Gasteiger charge is 2.39. The van der Waals surface area contributed by atoms with E-state index < -0.39 is 21.9 Å². The second-order valence-corrected chi connectivity index (χ2v) is 8.40. The molecule has 1 N–H and O–H groups in total. The second kappa shape index (κ2) is 7.73. The van der Waals surface area contributed by atoms with E-state index in [9.17, 15) is 17.6 Å². The largest absolute Gasteiger partial charge is 0.351 e. The molecule has 1 aliphatic heterocycles. The monoisotopic (exact) mass is 396 g/mol. The molecule has 2 aromatic rings. The van der Waals surface area contributed by atoms with Gasteiger partial charge < -0.3 is 5.32 Å². The molecule has 3 rings (SSSR count). The molecule has 1 heterocycles. The average molecular weight is 397 g/mol. The third-order valence-corrected chi connectivity index (χ3v) is 6.44. The molecular weight excluding hydrogens is 379 g/mol. The number of amides is 1. The van der Waals surface area contributed by atoms with Crippen molar-refractivity contribution >= 4 is 27.5 Å². The lowest BCUT2D eigenvalue weighted by Gasteiger charge is -2.23. The quantitative estimate of drug-likeness (QED) is 0.845. The zero-order valence-electron chi connectivity index (χ0n) is 13.9. The Morgan fingerprint density at radius 2 is 1.96 bits per heavy atom. The van der Waals surface area contributed by atoms with Crippen LogP contribution >= 0.6 is 11.6 Å². The Morgan fingerprint density at radius 3 is 2.65 bits per heavy atom. The highest BCUT2D eigenvalue weighted by molar-refractivity contribution is 7.89. The normalized spacial score (nSPS) is 18.0. The van der Waals surface area contributed by atoms with Crippen LogP contribution < -0.4 is 5.32 Å². The summed E-state index contributed by atoms with van der Waals surface area (Å²) in [5.41, 5.74) is 0.830. The second-order valence-electron chi connectivity index (χ2n) is 6.08. The van der Waals surface area contributed by atoms with E-state index in [1.807, 2.05) is 6.07 Å². The Labute approximate surface area is 156 Å². The van der Waals surface area contributed by atoms with Crippen LogP contribution in [0.3, 0.4) is 0 Å². The topological polar surface area (TPSA) is 66.5 Å². The number of sulfonamides is 1. The number of carbonyl (C=O) groups is 1. The molecule has 2 aromatic carbocycles. The molecule has 1 fully saturated rings. The fourth-order valence-electron chi connectivity index (χ4n) is 2.99. The van der Waals surface area contributed by atoms with Gasteiger partial charge in [-0.1, -0.05) is 23.7 Å². The molecule has 1 saturated heterocycles. The number of rotatable bonds is 5. The summed E-state index contributed by atoms with van der Waals surface area (Å²) in [4.78, 5) is 12.5. The van der Waals surface area contributed by atoms with Crippen molar-refractivity contribution in [3.8, 4) is 0 Å². The molecule has 26 heavy (non-hydrogen) atoms. The van der Waals surface area contributed by atoms with Crippen LogP contribution in [0.4, 0.5) is 4.39 Å². The van der Waals surface area contributed by atoms with Crippen molar-refractivity contribution in [2.24, 2.45) is 0 Å². The van der Waals surface area contributed by atoms with Crippen LogP contribution in [0, 0.1) is 5.82 Å². The first-order valence-corrected chi connectivity index (χ1v) is 9.99. The summed E-state index contributed by atoms with van der Waals surface area (Å²) >= 11 is 5.92. The zero-order valence-corrected chi connectivity index (χ0v) is 15.4. The number of carbonyl (C=O) groups excluding carboxylic acids is 1. The maximum absolute atomic E-state index is 13.1. The SMILES string of the molecule is O=C(NCc1cccc(Cl)c1)C1CCCN1S(=O)(=O)c1ccc(F)cc1. The molecule has 0 spiro atoms. The summed E-state index contributed by atoms with van der Waals surface area (Å²) in [6.45, 7) is 0.523. The van der Waals surface area contributed by atoms with Gasteiger partial charge in [0, 0.05) is 18.1 Å². The third-order valence-electron chi connectivity index (χ3n) is 4.28. The van der Waals surface area contributed by atoms with Crippen molar-refractivity contribution in [2.75, 3.05) is 6.54 Å². The summed E-state index contributed by atoms with van der Waals surface area (Å²) < 4.78 is 39.8. The Kier molecular flexibility index (Phi) is 5.60. The predicted molar refractivity (Wildman–Crippen MR) is 96.6 cm³/mol. The van der Waals surface area contributed by atoms with Crippen molar-refractivity contribution in [2.45, 2.75) is 30.3 Å². The van der Waals surface area contributed by atoms with Gasteiger partial charge in [0.1, 0.15) is 11.9 Å². The minimum Gasteiger partial charge on any atom is -0.351 e. The van der Waals surface area contributed by atoms with Crippen molar-refractivity contribution < 1.29 is 17.6 Å². The highest BCUT2D eigenvalue weighted by atomic mass is 35.5. The van der Waals surface area contributed by atoms with Crippen LogP contribution in [0.1, 0.15) is 18.4 Å². The van der Waals surface area contributed by atoms with Gasteiger partial charge in [0.15, 0.2) is 0 Å². The Bertz CT molecular complexity index is 903. The van der Waals surface area contributed by atoms with Gasteiger partial charge >= 0.3 is 0 Å². The van der Waals surface area contributed by atoms with Gasteiger partial charge in [0.05, 0.1) is 4.90 Å². The van der Waals surface area contributed by atoms with Crippen LogP contribution in [0.15, 0.2) is 53.4 Å². The van der Waals surface area contributed by atoms with E-state index >= 15 is 0 Å². The van der Waals surface area contributed by atoms with E-state index in [0.29, 0.717) is 17.9 Å². The predicted octanol–water partition coefficient (Wildman–Crippen LogP) is 2.95. The van der Waals surface area contributed by atoms with Crippen molar-refractivity contribution in [3.05, 3.63) is 64.9 Å². The van der Waals surface area contributed by atoms with E-state index in [4.69, 9.17) is 11.6 Å². The van der Waals surface area contributed by atoms with Gasteiger partial charge in [-0.2, -0.15) is 4.31 Å². The number of nitrogens with one attached hydrogen (secondary N) is 1. The van der Waals surface area contributed by atoms with Gasteiger partial charge in [0.25, 0.3) is 0 Å². The smallest absolute Gasteiger partial charge is 0.243 e. The summed E-state index contributed by atoms with van der Waals surface area (Å²) in [6, 6.07) is 10.9. The van der Waals surface area contributed by atoms with Crippen LogP contribution in [-0.4, -0.2) is 31.2 Å². The number of hydrogen-bond donors (Lipinski definition) is 1. The summed E-state index contributed by atoms with van der Waals surface area (Å²) in [5.74, 6) is -0.866. The molecule has 0 aliphatic carbocycles. The van der Waals surface area contributed by atoms with E-state index in [-0.39, 0.29) is 23.9 Å². The molecule has 1 unspecified atom stereocenters. The molecule has 1 atom stereocenters. The lowest BCUT2D eigenvalue weighted by Crippen LogP contribution is -2.45. The van der Waals surface area contributed by atoms with Crippen LogP contribution in [0.5, 0.6) is 0 Å². The maximum atomic E-state index is 13.1. The standard InChI is InChI=1S/C18H18ClFN2O3S/c19-14-4-1-3-13(11-14)12-21-18(23)17-5-2-10-22(17)26(24,25)16-8-6-15(20)7-9-16/h1,3-4,6-9,11,17H,2,5,10,12H2,(H,21,23). The lowest BCUT2D eigenvalue weighted by atomic mass is 10.2. The highest BCUT2D eigenvalue weighted by Crippen LogP contribution is 2.26. The lowest BCUT2D eigenvalue weighted by molar-refractivity contribution is -0.124. The molecule has 5 nitrogen and oxygen atoms in total. The first kappa shape index (κ1) is 18.8. The molecule has 0 radical (unpaired) electrons. The minimum absolute atomic E-state index is 0.0200. The van der Waals surface area contributed by atoms with Gasteiger partial charge in [-0.3, -0.25) is 4.79 Å². The Balaban J connectivity index is 1.72. The van der Waals surface area contributed by atoms with Gasteiger partial charge in [-0.05, 0) is 54.8 Å². The van der Waals surface area contributed by atoms with Gasteiger partial charge in [-0.25, -0.2) is 12.8 Å². The molecule has 0 bridgehead atoms. The van der Waals surface area contributed by atoms with E-state index in [2.05, 4.69) is 5.32 Å². The van der Waals surface area contributed by atoms with E-state index in [0.717, 1.165) is 17.7 Å². The van der Waals surface area contributed by atoms with E-state index in [1.54, 1.807) is 18.2 Å². The van der Waals surface area contributed by atoms with Crippen molar-refractivity contribution in [1.82, 2.24) is 9.62 Å². The third kappa shape index (κ3) is 4.06. The zero-order chi connectivity index (χ0) is 18.7. The Morgan fingerprint density at radius 1 is 1.23 bits per heavy atom. The molecular formula is C18H18ClFN2O3S. The first-order valence-electron chi connectivity index (χ1n) is 8.17. The Hall–Kier alpha value is -1.96. The molecule has 0 saturated carbocycles. The molecule has 138 valence electrons. The molecule has 1 amide bonds. The summed E-state index contributed by atoms with van der Waals surface area (Å²) in [6.07, 6.45) is 1.04. The fourth-order valence-corrected chi connectivity index (χ4v) is 4.86. The van der Waals surface area contributed by atoms with Gasteiger partial charge in [-0.15, -0.1) is 0 Å². The van der Waals surface area contributed by atoms with Crippen molar-refractivity contribution in [3.63, 3.8) is 0 Å². The number of halogens is 2. The first-order chi connectivity index (χ1) is 12.4. The fraction of sp³-hybridized carbons (Fsp3) is 0.278. The average Bonchev–Trinajstić information content (AvgIpc) is 3.11. The minimum atomic E-state index is -3.85. The van der Waals surface area contributed by atoms with E-state index in [1.165, 1.54) is 16.4 Å². The van der Waals surface area contributed by atoms with Crippen LogP contribution in [0.2, 0.25) is 5.02 Å². The van der Waals surface area contributed by atoms with Crippen LogP contribution in [-0.2, 0) is 21.4 Å². The maximum Gasteiger partial charge on any atom is 0.243 e.